The molecule has 2 aromatic rings. The predicted molar refractivity (Wildman–Crippen MR) is 89.7 cm³/mol. The van der Waals surface area contributed by atoms with Crippen LogP contribution in [-0.4, -0.2) is 38.1 Å². The highest BCUT2D eigenvalue weighted by Crippen LogP contribution is 2.39. The second-order valence-electron chi connectivity index (χ2n) is 6.88. The minimum atomic E-state index is -2.95. The van der Waals surface area contributed by atoms with E-state index >= 15 is 0 Å². The molecule has 1 fully saturated rings. The van der Waals surface area contributed by atoms with Crippen LogP contribution in [0.15, 0.2) is 30.4 Å². The van der Waals surface area contributed by atoms with Crippen LogP contribution in [0.4, 0.5) is 13.2 Å². The Morgan fingerprint density at radius 1 is 1.15 bits per heavy atom. The molecule has 10 heteroatoms. The average Bonchev–Trinajstić information content (AvgIpc) is 3.07. The van der Waals surface area contributed by atoms with Gasteiger partial charge in [-0.15, -0.1) is 0 Å². The average molecular weight is 366 g/mol. The Hall–Kier alpha value is -2.20. The molecule has 0 unspecified atom stereocenters. The Morgan fingerprint density at radius 3 is 2.35 bits per heavy atom. The van der Waals surface area contributed by atoms with E-state index in [2.05, 4.69) is 15.1 Å². The van der Waals surface area contributed by atoms with Gasteiger partial charge in [0.1, 0.15) is 17.1 Å². The van der Waals surface area contributed by atoms with Gasteiger partial charge in [0.15, 0.2) is 0 Å². The molecule has 2 aromatic heterocycles. The second kappa shape index (κ2) is 6.51. The van der Waals surface area contributed by atoms with E-state index in [0.717, 1.165) is 6.08 Å². The van der Waals surface area contributed by atoms with E-state index in [4.69, 9.17) is 9.31 Å². The molecular weight excluding hydrogens is 348 g/mol. The summed E-state index contributed by atoms with van der Waals surface area (Å²) in [5.74, 6) is 0. The van der Waals surface area contributed by atoms with Crippen LogP contribution in [-0.2, 0) is 9.31 Å². The van der Waals surface area contributed by atoms with Crippen LogP contribution in [0, 0.1) is 0 Å². The van der Waals surface area contributed by atoms with E-state index in [0.29, 0.717) is 10.4 Å². The largest absolute Gasteiger partial charge is 0.525 e. The van der Waals surface area contributed by atoms with Crippen molar-refractivity contribution in [1.29, 1.82) is 0 Å². The number of aromatic nitrogens is 4. The zero-order valence-corrected chi connectivity index (χ0v) is 14.8. The number of hydrogen-bond acceptors (Lipinski definition) is 5. The van der Waals surface area contributed by atoms with Crippen molar-refractivity contribution in [3.8, 4) is 11.4 Å². The van der Waals surface area contributed by atoms with Crippen molar-refractivity contribution in [3.05, 3.63) is 36.1 Å². The van der Waals surface area contributed by atoms with Crippen molar-refractivity contribution in [2.45, 2.75) is 45.4 Å². The van der Waals surface area contributed by atoms with Gasteiger partial charge in [-0.25, -0.2) is 9.07 Å². The molecule has 0 saturated carbocycles. The van der Waals surface area contributed by atoms with E-state index in [9.17, 15) is 13.2 Å². The summed E-state index contributed by atoms with van der Waals surface area (Å²) >= 11 is 0. The Kier molecular flexibility index (Phi) is 4.66. The van der Waals surface area contributed by atoms with Gasteiger partial charge in [0, 0.05) is 12.4 Å². The van der Waals surface area contributed by atoms with Gasteiger partial charge in [-0.1, -0.05) is 0 Å². The maximum Gasteiger partial charge on any atom is 0.525 e. The van der Waals surface area contributed by atoms with Gasteiger partial charge in [-0.05, 0) is 39.8 Å². The standard InChI is InChI=1S/C16H18BF3N4O2/c1-15(2)16(3,4)26-17(25-15)13(18)8-10-7-11(23-24(10)14(19)20)12-9-21-5-6-22-12/h5-9,14H,1-4H3. The third kappa shape index (κ3) is 3.38. The molecule has 0 bridgehead atoms. The first-order valence-corrected chi connectivity index (χ1v) is 7.97. The smallest absolute Gasteiger partial charge is 0.398 e. The van der Waals surface area contributed by atoms with Gasteiger partial charge in [0.2, 0.25) is 0 Å². The Morgan fingerprint density at radius 2 is 1.81 bits per heavy atom. The lowest BCUT2D eigenvalue weighted by atomic mass is 9.87. The van der Waals surface area contributed by atoms with E-state index in [1.54, 1.807) is 27.7 Å². The molecule has 6 nitrogen and oxygen atoms in total. The van der Waals surface area contributed by atoms with E-state index in [-0.39, 0.29) is 11.4 Å². The highest BCUT2D eigenvalue weighted by molar-refractivity contribution is 6.54. The normalized spacial score (nSPS) is 19.4. The van der Waals surface area contributed by atoms with Gasteiger partial charge in [0.25, 0.3) is 0 Å². The van der Waals surface area contributed by atoms with E-state index in [1.165, 1.54) is 24.7 Å². The molecule has 0 aliphatic carbocycles. The van der Waals surface area contributed by atoms with Gasteiger partial charge in [-0.2, -0.15) is 13.9 Å². The van der Waals surface area contributed by atoms with Gasteiger partial charge in [-0.3, -0.25) is 9.97 Å². The number of halogens is 3. The molecule has 1 saturated heterocycles. The van der Waals surface area contributed by atoms with E-state index < -0.39 is 30.6 Å². The highest BCUT2D eigenvalue weighted by atomic mass is 19.3. The molecule has 138 valence electrons. The van der Waals surface area contributed by atoms with E-state index in [1.807, 2.05) is 0 Å². The molecule has 0 atom stereocenters. The molecule has 3 rings (SSSR count). The lowest BCUT2D eigenvalue weighted by Crippen LogP contribution is -2.41. The summed E-state index contributed by atoms with van der Waals surface area (Å²) in [5.41, 5.74) is -1.97. The molecule has 3 heterocycles. The summed E-state index contributed by atoms with van der Waals surface area (Å²) in [4.78, 5) is 7.88. The Bertz CT molecular complexity index is 808. The summed E-state index contributed by atoms with van der Waals surface area (Å²) in [6, 6.07) is 1.31. The fourth-order valence-electron chi connectivity index (χ4n) is 2.39. The Labute approximate surface area is 149 Å². The fraction of sp³-hybridized carbons (Fsp3) is 0.438. The first kappa shape index (κ1) is 18.6. The molecule has 0 amide bonds. The highest BCUT2D eigenvalue weighted by Gasteiger charge is 2.53. The molecule has 0 aromatic carbocycles. The van der Waals surface area contributed by atoms with Crippen molar-refractivity contribution >= 4 is 13.2 Å². The van der Waals surface area contributed by atoms with Crippen molar-refractivity contribution in [1.82, 2.24) is 19.7 Å². The van der Waals surface area contributed by atoms with Crippen LogP contribution in [0.25, 0.3) is 17.5 Å². The zero-order chi connectivity index (χ0) is 19.1. The first-order chi connectivity index (χ1) is 12.1. The molecule has 1 aliphatic heterocycles. The first-order valence-electron chi connectivity index (χ1n) is 7.97. The minimum Gasteiger partial charge on any atom is -0.398 e. The number of hydrogen-bond donors (Lipinski definition) is 0. The molecule has 0 spiro atoms. The van der Waals surface area contributed by atoms with Crippen molar-refractivity contribution in [2.24, 2.45) is 0 Å². The van der Waals surface area contributed by atoms with Crippen molar-refractivity contribution in [2.75, 3.05) is 0 Å². The Balaban J connectivity index is 1.94. The minimum absolute atomic E-state index is 0.132. The van der Waals surface area contributed by atoms with Crippen LogP contribution >= 0.6 is 0 Å². The van der Waals surface area contributed by atoms with Gasteiger partial charge < -0.3 is 9.31 Å². The second-order valence-corrected chi connectivity index (χ2v) is 6.88. The number of alkyl halides is 2. The van der Waals surface area contributed by atoms with Crippen LogP contribution in [0.3, 0.4) is 0 Å². The SMILES string of the molecule is CC1(C)OB(C(F)=Cc2cc(-c3cnccn3)nn2C(F)F)OC1(C)C. The topological polar surface area (TPSA) is 62.1 Å². The summed E-state index contributed by atoms with van der Waals surface area (Å²) in [6.45, 7) is 4.15. The number of nitrogens with zero attached hydrogens (tertiary/aromatic N) is 4. The maximum atomic E-state index is 14.6. The van der Waals surface area contributed by atoms with Crippen LogP contribution < -0.4 is 0 Å². The predicted octanol–water partition coefficient (Wildman–Crippen LogP) is 3.68. The van der Waals surface area contributed by atoms with Crippen LogP contribution in [0.1, 0.15) is 39.9 Å². The van der Waals surface area contributed by atoms with Crippen molar-refractivity contribution < 1.29 is 22.5 Å². The fourth-order valence-corrected chi connectivity index (χ4v) is 2.39. The monoisotopic (exact) mass is 366 g/mol. The quantitative estimate of drug-likeness (QED) is 0.773. The summed E-state index contributed by atoms with van der Waals surface area (Å²) in [6.07, 6.45) is 5.18. The summed E-state index contributed by atoms with van der Waals surface area (Å²) < 4.78 is 52.8. The molecule has 1 aliphatic rings. The lowest BCUT2D eigenvalue weighted by molar-refractivity contribution is 0.00578. The maximum absolute atomic E-state index is 14.6. The summed E-state index contributed by atoms with van der Waals surface area (Å²) in [7, 11) is -1.28. The van der Waals surface area contributed by atoms with Crippen molar-refractivity contribution in [3.63, 3.8) is 0 Å². The molecule has 26 heavy (non-hydrogen) atoms. The number of rotatable bonds is 4. The third-order valence-electron chi connectivity index (χ3n) is 4.54. The third-order valence-corrected chi connectivity index (χ3v) is 4.54. The lowest BCUT2D eigenvalue weighted by Gasteiger charge is -2.32. The molecular formula is C16H18BF3N4O2. The van der Waals surface area contributed by atoms with Crippen LogP contribution in [0.5, 0.6) is 0 Å². The zero-order valence-electron chi connectivity index (χ0n) is 14.8. The van der Waals surface area contributed by atoms with Gasteiger partial charge in [0.05, 0.1) is 23.1 Å². The molecule has 0 radical (unpaired) electrons. The summed E-state index contributed by atoms with van der Waals surface area (Å²) in [5, 5.41) is 3.79. The van der Waals surface area contributed by atoms with Gasteiger partial charge >= 0.3 is 13.7 Å². The molecule has 0 N–H and O–H groups in total. The van der Waals surface area contributed by atoms with Crippen LogP contribution in [0.2, 0.25) is 0 Å².